The molecule has 3 heterocycles. The van der Waals surface area contributed by atoms with Crippen LogP contribution in [0.5, 0.6) is 0 Å². The number of rotatable bonds is 3. The Kier molecular flexibility index (Phi) is 4.38. The zero-order valence-electron chi connectivity index (χ0n) is 14.3. The average Bonchev–Trinajstić information content (AvgIpc) is 2.68. The lowest BCUT2D eigenvalue weighted by Gasteiger charge is -2.26. The SMILES string of the molecule is Nc1nc(C(=O)Nc2ccc3c(=O)[nH]ccc3c2)nc(N2CCOCC2)n1. The molecule has 0 bridgehead atoms. The second-order valence-corrected chi connectivity index (χ2v) is 5.98. The van der Waals surface area contributed by atoms with E-state index in [1.165, 1.54) is 0 Å². The van der Waals surface area contributed by atoms with Gasteiger partial charge in [-0.2, -0.15) is 15.0 Å². The normalized spacial score (nSPS) is 14.3. The van der Waals surface area contributed by atoms with E-state index in [9.17, 15) is 9.59 Å². The molecule has 0 spiro atoms. The van der Waals surface area contributed by atoms with Gasteiger partial charge in [0.05, 0.1) is 13.2 Å². The summed E-state index contributed by atoms with van der Waals surface area (Å²) >= 11 is 0. The summed E-state index contributed by atoms with van der Waals surface area (Å²) < 4.78 is 5.30. The third kappa shape index (κ3) is 3.55. The zero-order valence-corrected chi connectivity index (χ0v) is 14.3. The van der Waals surface area contributed by atoms with Crippen molar-refractivity contribution in [1.82, 2.24) is 19.9 Å². The van der Waals surface area contributed by atoms with E-state index in [1.54, 1.807) is 30.5 Å². The maximum absolute atomic E-state index is 12.6. The first kappa shape index (κ1) is 16.9. The molecule has 1 aromatic carbocycles. The van der Waals surface area contributed by atoms with Gasteiger partial charge in [-0.25, -0.2) is 0 Å². The number of nitrogens with two attached hydrogens (primary N) is 1. The minimum absolute atomic E-state index is 0.0262. The van der Waals surface area contributed by atoms with Gasteiger partial charge in [0, 0.05) is 30.4 Å². The largest absolute Gasteiger partial charge is 0.378 e. The predicted molar refractivity (Wildman–Crippen MR) is 99.8 cm³/mol. The highest BCUT2D eigenvalue weighted by Crippen LogP contribution is 2.17. The van der Waals surface area contributed by atoms with Crippen LogP contribution in [-0.4, -0.2) is 52.1 Å². The molecular formula is C17H17N7O3. The second kappa shape index (κ2) is 7.00. The maximum Gasteiger partial charge on any atom is 0.293 e. The smallest absolute Gasteiger partial charge is 0.293 e. The maximum atomic E-state index is 12.6. The van der Waals surface area contributed by atoms with E-state index >= 15 is 0 Å². The Morgan fingerprint density at radius 1 is 1.19 bits per heavy atom. The molecule has 1 amide bonds. The summed E-state index contributed by atoms with van der Waals surface area (Å²) in [5.41, 5.74) is 6.08. The number of ether oxygens (including phenoxy) is 1. The van der Waals surface area contributed by atoms with E-state index in [1.807, 2.05) is 4.90 Å². The minimum Gasteiger partial charge on any atom is -0.378 e. The standard InChI is InChI=1S/C17H17N7O3/c18-16-21-13(22-17(23-16)24-5-7-27-8-6-24)15(26)20-11-1-2-12-10(9-11)3-4-19-14(12)25/h1-4,9H,5-8H2,(H,19,25)(H,20,26)(H2,18,21,22,23). The molecule has 1 saturated heterocycles. The molecule has 1 aliphatic rings. The molecule has 27 heavy (non-hydrogen) atoms. The van der Waals surface area contributed by atoms with E-state index in [4.69, 9.17) is 10.5 Å². The van der Waals surface area contributed by atoms with Crippen LogP contribution in [0.4, 0.5) is 17.6 Å². The average molecular weight is 367 g/mol. The Balaban J connectivity index is 1.59. The first-order chi connectivity index (χ1) is 13.1. The number of fused-ring (bicyclic) bond motifs is 1. The fraction of sp³-hybridized carbons (Fsp3) is 0.235. The van der Waals surface area contributed by atoms with E-state index in [0.717, 1.165) is 0 Å². The number of carbonyl (C=O) groups is 1. The van der Waals surface area contributed by atoms with E-state index in [2.05, 4.69) is 25.3 Å². The Morgan fingerprint density at radius 2 is 2.00 bits per heavy atom. The Labute approximate surface area is 153 Å². The fourth-order valence-electron chi connectivity index (χ4n) is 2.84. The van der Waals surface area contributed by atoms with Crippen molar-refractivity contribution in [3.63, 3.8) is 0 Å². The van der Waals surface area contributed by atoms with Crippen LogP contribution in [0.3, 0.4) is 0 Å². The first-order valence-electron chi connectivity index (χ1n) is 8.37. The second-order valence-electron chi connectivity index (χ2n) is 5.98. The summed E-state index contributed by atoms with van der Waals surface area (Å²) in [6, 6.07) is 6.74. The van der Waals surface area contributed by atoms with Gasteiger partial charge in [-0.15, -0.1) is 0 Å². The number of morpholine rings is 1. The Morgan fingerprint density at radius 3 is 2.81 bits per heavy atom. The highest BCUT2D eigenvalue weighted by Gasteiger charge is 2.19. The van der Waals surface area contributed by atoms with Crippen molar-refractivity contribution >= 4 is 34.3 Å². The summed E-state index contributed by atoms with van der Waals surface area (Å²) in [7, 11) is 0. The quantitative estimate of drug-likeness (QED) is 0.604. The first-order valence-corrected chi connectivity index (χ1v) is 8.37. The number of pyridine rings is 1. The monoisotopic (exact) mass is 367 g/mol. The topological polar surface area (TPSA) is 139 Å². The molecule has 0 atom stereocenters. The van der Waals surface area contributed by atoms with Crippen LogP contribution >= 0.6 is 0 Å². The molecule has 1 aliphatic heterocycles. The van der Waals surface area contributed by atoms with Gasteiger partial charge in [0.25, 0.3) is 11.5 Å². The molecule has 3 aromatic rings. The number of aromatic amines is 1. The van der Waals surface area contributed by atoms with Crippen molar-refractivity contribution in [1.29, 1.82) is 0 Å². The van der Waals surface area contributed by atoms with Crippen LogP contribution in [0.1, 0.15) is 10.6 Å². The lowest BCUT2D eigenvalue weighted by Crippen LogP contribution is -2.38. The van der Waals surface area contributed by atoms with Gasteiger partial charge in [-0.1, -0.05) is 0 Å². The lowest BCUT2D eigenvalue weighted by atomic mass is 10.1. The van der Waals surface area contributed by atoms with Crippen molar-refractivity contribution in [3.05, 3.63) is 46.6 Å². The number of benzene rings is 1. The van der Waals surface area contributed by atoms with Gasteiger partial charge in [-0.05, 0) is 29.7 Å². The number of nitrogen functional groups attached to an aromatic ring is 1. The molecule has 0 saturated carbocycles. The number of hydrogen-bond acceptors (Lipinski definition) is 8. The Hall–Kier alpha value is -3.53. The van der Waals surface area contributed by atoms with E-state index in [0.29, 0.717) is 48.7 Å². The number of carbonyl (C=O) groups excluding carboxylic acids is 1. The van der Waals surface area contributed by atoms with E-state index < -0.39 is 5.91 Å². The van der Waals surface area contributed by atoms with Crippen LogP contribution in [-0.2, 0) is 4.74 Å². The molecule has 4 N–H and O–H groups in total. The Bertz CT molecular complexity index is 1060. The minimum atomic E-state index is -0.511. The van der Waals surface area contributed by atoms with Crippen LogP contribution in [0.2, 0.25) is 0 Å². The predicted octanol–water partition coefficient (Wildman–Crippen LogP) is 0.384. The van der Waals surface area contributed by atoms with Crippen molar-refractivity contribution in [2.24, 2.45) is 0 Å². The number of amides is 1. The van der Waals surface area contributed by atoms with Crippen LogP contribution in [0.15, 0.2) is 35.3 Å². The fourth-order valence-corrected chi connectivity index (χ4v) is 2.84. The molecular weight excluding hydrogens is 350 g/mol. The summed E-state index contributed by atoms with van der Waals surface area (Å²) in [4.78, 5) is 41.1. The van der Waals surface area contributed by atoms with Crippen molar-refractivity contribution < 1.29 is 9.53 Å². The number of aromatic nitrogens is 4. The van der Waals surface area contributed by atoms with Crippen molar-refractivity contribution in [2.75, 3.05) is 42.3 Å². The van der Waals surface area contributed by atoms with Crippen molar-refractivity contribution in [2.45, 2.75) is 0 Å². The molecule has 138 valence electrons. The molecule has 0 unspecified atom stereocenters. The van der Waals surface area contributed by atoms with Crippen molar-refractivity contribution in [3.8, 4) is 0 Å². The molecule has 2 aromatic heterocycles. The lowest BCUT2D eigenvalue weighted by molar-refractivity contribution is 0.101. The van der Waals surface area contributed by atoms with Gasteiger partial charge in [0.2, 0.25) is 17.7 Å². The van der Waals surface area contributed by atoms with Gasteiger partial charge >= 0.3 is 0 Å². The zero-order chi connectivity index (χ0) is 18.8. The molecule has 10 nitrogen and oxygen atoms in total. The summed E-state index contributed by atoms with van der Waals surface area (Å²) in [6.07, 6.45) is 1.55. The van der Waals surface area contributed by atoms with Crippen LogP contribution in [0.25, 0.3) is 10.8 Å². The van der Waals surface area contributed by atoms with Crippen LogP contribution < -0.4 is 21.5 Å². The summed E-state index contributed by atoms with van der Waals surface area (Å²) in [6.45, 7) is 2.35. The number of anilines is 3. The van der Waals surface area contributed by atoms with E-state index in [-0.39, 0.29) is 17.3 Å². The van der Waals surface area contributed by atoms with Gasteiger partial charge in [0.15, 0.2) is 0 Å². The summed E-state index contributed by atoms with van der Waals surface area (Å²) in [5.74, 6) is -0.263. The summed E-state index contributed by atoms with van der Waals surface area (Å²) in [5, 5.41) is 3.97. The van der Waals surface area contributed by atoms with Gasteiger partial charge in [-0.3, -0.25) is 9.59 Å². The number of H-pyrrole nitrogens is 1. The molecule has 1 fully saturated rings. The van der Waals surface area contributed by atoms with Gasteiger partial charge in [0.1, 0.15) is 0 Å². The molecule has 0 radical (unpaired) electrons. The van der Waals surface area contributed by atoms with Crippen LogP contribution in [0, 0.1) is 0 Å². The highest BCUT2D eigenvalue weighted by atomic mass is 16.5. The molecule has 4 rings (SSSR count). The number of hydrogen-bond donors (Lipinski definition) is 3. The highest BCUT2D eigenvalue weighted by molar-refractivity contribution is 6.03. The number of nitrogens with zero attached hydrogens (tertiary/aromatic N) is 4. The molecule has 10 heteroatoms. The third-order valence-electron chi connectivity index (χ3n) is 4.17. The number of nitrogens with one attached hydrogen (secondary N) is 2. The third-order valence-corrected chi connectivity index (χ3v) is 4.17. The van der Waals surface area contributed by atoms with Gasteiger partial charge < -0.3 is 25.7 Å². The molecule has 0 aliphatic carbocycles.